The summed E-state index contributed by atoms with van der Waals surface area (Å²) >= 11 is 0. The Bertz CT molecular complexity index is 721. The van der Waals surface area contributed by atoms with Gasteiger partial charge in [-0.15, -0.1) is 0 Å². The molecule has 2 amide bonds. The van der Waals surface area contributed by atoms with Crippen LogP contribution < -0.4 is 5.32 Å². The summed E-state index contributed by atoms with van der Waals surface area (Å²) in [5.41, 5.74) is 3.27. The number of amides is 2. The van der Waals surface area contributed by atoms with Crippen LogP contribution in [0.5, 0.6) is 0 Å². The lowest BCUT2D eigenvalue weighted by atomic mass is 10.1. The Morgan fingerprint density at radius 1 is 0.958 bits per heavy atom. The van der Waals surface area contributed by atoms with E-state index in [1.165, 1.54) is 0 Å². The maximum Gasteiger partial charge on any atom is 0.253 e. The molecule has 0 bridgehead atoms. The third-order valence-corrected chi connectivity index (χ3v) is 4.12. The lowest BCUT2D eigenvalue weighted by Crippen LogP contribution is -2.31. The SMILES string of the molecule is CCN(CC)C(=O)c1cccc(C(=O)NCc2ccccc2C)c1. The molecule has 4 heteroatoms. The van der Waals surface area contributed by atoms with Gasteiger partial charge >= 0.3 is 0 Å². The molecule has 4 nitrogen and oxygen atoms in total. The van der Waals surface area contributed by atoms with Gasteiger partial charge in [0.15, 0.2) is 0 Å². The second-order valence-corrected chi connectivity index (χ2v) is 5.67. The van der Waals surface area contributed by atoms with Crippen LogP contribution >= 0.6 is 0 Å². The molecule has 0 saturated carbocycles. The first-order chi connectivity index (χ1) is 11.6. The number of aryl methyl sites for hydroxylation is 1. The first kappa shape index (κ1) is 17.7. The predicted octanol–water partition coefficient (Wildman–Crippen LogP) is 3.41. The molecule has 0 unspecified atom stereocenters. The molecular formula is C20H24N2O2. The van der Waals surface area contributed by atoms with E-state index in [9.17, 15) is 9.59 Å². The van der Waals surface area contributed by atoms with Crippen molar-refractivity contribution in [3.05, 3.63) is 70.8 Å². The highest BCUT2D eigenvalue weighted by Crippen LogP contribution is 2.10. The molecule has 0 heterocycles. The smallest absolute Gasteiger partial charge is 0.253 e. The Labute approximate surface area is 143 Å². The summed E-state index contributed by atoms with van der Waals surface area (Å²) in [6.45, 7) is 7.68. The lowest BCUT2D eigenvalue weighted by molar-refractivity contribution is 0.0773. The van der Waals surface area contributed by atoms with Crippen molar-refractivity contribution in [1.82, 2.24) is 10.2 Å². The Kier molecular flexibility index (Phi) is 6.13. The quantitative estimate of drug-likeness (QED) is 0.885. The van der Waals surface area contributed by atoms with E-state index in [0.29, 0.717) is 30.8 Å². The van der Waals surface area contributed by atoms with Gasteiger partial charge in [-0.25, -0.2) is 0 Å². The van der Waals surface area contributed by atoms with E-state index in [4.69, 9.17) is 0 Å². The normalized spacial score (nSPS) is 10.3. The summed E-state index contributed by atoms with van der Waals surface area (Å²) < 4.78 is 0. The summed E-state index contributed by atoms with van der Waals surface area (Å²) in [4.78, 5) is 26.5. The molecule has 0 atom stereocenters. The molecule has 0 spiro atoms. The van der Waals surface area contributed by atoms with Crippen molar-refractivity contribution in [3.8, 4) is 0 Å². The largest absolute Gasteiger partial charge is 0.348 e. The van der Waals surface area contributed by atoms with Gasteiger partial charge in [-0.2, -0.15) is 0 Å². The summed E-state index contributed by atoms with van der Waals surface area (Å²) in [5.74, 6) is -0.221. The zero-order valence-electron chi connectivity index (χ0n) is 14.5. The van der Waals surface area contributed by atoms with Gasteiger partial charge in [-0.3, -0.25) is 9.59 Å². The standard InChI is InChI=1S/C20H24N2O2/c1-4-22(5-2)20(24)17-12-8-11-16(13-17)19(23)21-14-18-10-7-6-9-15(18)3/h6-13H,4-5,14H2,1-3H3,(H,21,23). The van der Waals surface area contributed by atoms with Crippen LogP contribution in [0, 0.1) is 6.92 Å². The van der Waals surface area contributed by atoms with E-state index in [1.807, 2.05) is 45.0 Å². The summed E-state index contributed by atoms with van der Waals surface area (Å²) in [5, 5.41) is 2.92. The van der Waals surface area contributed by atoms with Gasteiger partial charge in [0.1, 0.15) is 0 Å². The minimum absolute atomic E-state index is 0.0476. The highest BCUT2D eigenvalue weighted by Gasteiger charge is 2.14. The number of carbonyl (C=O) groups is 2. The van der Waals surface area contributed by atoms with Gasteiger partial charge in [0.05, 0.1) is 0 Å². The van der Waals surface area contributed by atoms with Crippen molar-refractivity contribution in [2.45, 2.75) is 27.3 Å². The molecule has 2 aromatic rings. The molecule has 2 rings (SSSR count). The van der Waals surface area contributed by atoms with Crippen molar-refractivity contribution in [2.24, 2.45) is 0 Å². The summed E-state index contributed by atoms with van der Waals surface area (Å²) in [6, 6.07) is 14.8. The fraction of sp³-hybridized carbons (Fsp3) is 0.300. The predicted molar refractivity (Wildman–Crippen MR) is 96.0 cm³/mol. The van der Waals surface area contributed by atoms with E-state index in [1.54, 1.807) is 29.2 Å². The number of carbonyl (C=O) groups excluding carboxylic acids is 2. The van der Waals surface area contributed by atoms with E-state index >= 15 is 0 Å². The van der Waals surface area contributed by atoms with Gasteiger partial charge in [-0.1, -0.05) is 30.3 Å². The van der Waals surface area contributed by atoms with Crippen LogP contribution in [-0.2, 0) is 6.54 Å². The Morgan fingerprint density at radius 3 is 2.29 bits per heavy atom. The van der Waals surface area contributed by atoms with E-state index in [2.05, 4.69) is 5.32 Å². The van der Waals surface area contributed by atoms with Crippen molar-refractivity contribution in [2.75, 3.05) is 13.1 Å². The van der Waals surface area contributed by atoms with Crippen LogP contribution in [0.2, 0.25) is 0 Å². The fourth-order valence-electron chi connectivity index (χ4n) is 2.57. The van der Waals surface area contributed by atoms with Crippen LogP contribution in [-0.4, -0.2) is 29.8 Å². The Morgan fingerprint density at radius 2 is 1.62 bits per heavy atom. The minimum Gasteiger partial charge on any atom is -0.348 e. The highest BCUT2D eigenvalue weighted by molar-refractivity contribution is 5.99. The molecule has 0 aliphatic rings. The second-order valence-electron chi connectivity index (χ2n) is 5.67. The van der Waals surface area contributed by atoms with Crippen LogP contribution in [0.3, 0.4) is 0 Å². The zero-order chi connectivity index (χ0) is 17.5. The minimum atomic E-state index is -0.174. The Hall–Kier alpha value is -2.62. The van der Waals surface area contributed by atoms with Crippen molar-refractivity contribution >= 4 is 11.8 Å². The molecule has 126 valence electrons. The van der Waals surface area contributed by atoms with Crippen molar-refractivity contribution in [1.29, 1.82) is 0 Å². The molecule has 2 aromatic carbocycles. The van der Waals surface area contributed by atoms with Gasteiger partial charge < -0.3 is 10.2 Å². The molecule has 0 aromatic heterocycles. The highest BCUT2D eigenvalue weighted by atomic mass is 16.2. The van der Waals surface area contributed by atoms with Crippen LogP contribution in [0.25, 0.3) is 0 Å². The van der Waals surface area contributed by atoms with E-state index in [-0.39, 0.29) is 11.8 Å². The number of hydrogen-bond acceptors (Lipinski definition) is 2. The molecule has 0 fully saturated rings. The average molecular weight is 324 g/mol. The van der Waals surface area contributed by atoms with Gasteiger partial charge in [0.25, 0.3) is 11.8 Å². The van der Waals surface area contributed by atoms with Crippen molar-refractivity contribution in [3.63, 3.8) is 0 Å². The molecule has 0 aliphatic carbocycles. The van der Waals surface area contributed by atoms with E-state index in [0.717, 1.165) is 11.1 Å². The maximum atomic E-state index is 12.4. The zero-order valence-corrected chi connectivity index (χ0v) is 14.5. The summed E-state index contributed by atoms with van der Waals surface area (Å²) in [6.07, 6.45) is 0. The van der Waals surface area contributed by atoms with Crippen LogP contribution in [0.4, 0.5) is 0 Å². The topological polar surface area (TPSA) is 49.4 Å². The number of benzene rings is 2. The molecular weight excluding hydrogens is 300 g/mol. The van der Waals surface area contributed by atoms with Crippen molar-refractivity contribution < 1.29 is 9.59 Å². The number of hydrogen-bond donors (Lipinski definition) is 1. The Balaban J connectivity index is 2.09. The maximum absolute atomic E-state index is 12.4. The molecule has 1 N–H and O–H groups in total. The lowest BCUT2D eigenvalue weighted by Gasteiger charge is -2.18. The molecule has 0 aliphatic heterocycles. The van der Waals surface area contributed by atoms with Crippen LogP contribution in [0.15, 0.2) is 48.5 Å². The van der Waals surface area contributed by atoms with Gasteiger partial charge in [0, 0.05) is 30.8 Å². The number of rotatable bonds is 6. The average Bonchev–Trinajstić information content (AvgIpc) is 2.62. The van der Waals surface area contributed by atoms with E-state index < -0.39 is 0 Å². The molecule has 0 saturated heterocycles. The monoisotopic (exact) mass is 324 g/mol. The van der Waals surface area contributed by atoms with Crippen LogP contribution in [0.1, 0.15) is 45.7 Å². The first-order valence-corrected chi connectivity index (χ1v) is 8.28. The summed E-state index contributed by atoms with van der Waals surface area (Å²) in [7, 11) is 0. The number of nitrogens with zero attached hydrogens (tertiary/aromatic N) is 1. The number of nitrogens with one attached hydrogen (secondary N) is 1. The van der Waals surface area contributed by atoms with Gasteiger partial charge in [0.2, 0.25) is 0 Å². The van der Waals surface area contributed by atoms with Gasteiger partial charge in [-0.05, 0) is 50.1 Å². The second kappa shape index (κ2) is 8.29. The molecule has 24 heavy (non-hydrogen) atoms. The molecule has 0 radical (unpaired) electrons. The fourth-order valence-corrected chi connectivity index (χ4v) is 2.57. The third kappa shape index (κ3) is 4.22. The third-order valence-electron chi connectivity index (χ3n) is 4.12. The first-order valence-electron chi connectivity index (χ1n) is 8.28.